The number of aryl methyl sites for hydroxylation is 1. The molecule has 2 heterocycles. The van der Waals surface area contributed by atoms with Gasteiger partial charge in [0.2, 0.25) is 0 Å². The number of rotatable bonds is 3. The molecule has 14 heavy (non-hydrogen) atoms. The van der Waals surface area contributed by atoms with Gasteiger partial charge in [0.15, 0.2) is 0 Å². The van der Waals surface area contributed by atoms with Gasteiger partial charge >= 0.3 is 0 Å². The average Bonchev–Trinajstić information content (AvgIpc) is 2.67. The first-order valence-corrected chi connectivity index (χ1v) is 6.25. The smallest absolute Gasteiger partial charge is 0.126 e. The molecule has 1 aromatic rings. The van der Waals surface area contributed by atoms with Crippen LogP contribution in [-0.2, 0) is 0 Å². The number of anilines is 1. The van der Waals surface area contributed by atoms with Crippen LogP contribution in [0.3, 0.4) is 0 Å². The molecule has 0 spiro atoms. The zero-order valence-electron chi connectivity index (χ0n) is 8.49. The minimum atomic E-state index is 0.835. The minimum absolute atomic E-state index is 0.835. The Bertz CT molecular complexity index is 295. The van der Waals surface area contributed by atoms with Crippen LogP contribution in [0.1, 0.15) is 12.1 Å². The molecule has 1 aromatic heterocycles. The van der Waals surface area contributed by atoms with Crippen LogP contribution in [0.2, 0.25) is 0 Å². The van der Waals surface area contributed by atoms with E-state index >= 15 is 0 Å². The van der Waals surface area contributed by atoms with Crippen molar-refractivity contribution < 1.29 is 0 Å². The molecule has 3 heteroatoms. The second kappa shape index (κ2) is 4.69. The largest absolute Gasteiger partial charge is 0.370 e. The van der Waals surface area contributed by atoms with E-state index in [0.717, 1.165) is 24.0 Å². The Balaban J connectivity index is 1.85. The molecule has 1 aliphatic rings. The summed E-state index contributed by atoms with van der Waals surface area (Å²) in [5.74, 6) is 4.48. The summed E-state index contributed by atoms with van der Waals surface area (Å²) >= 11 is 2.06. The zero-order valence-corrected chi connectivity index (χ0v) is 9.31. The van der Waals surface area contributed by atoms with Crippen LogP contribution in [0.5, 0.6) is 0 Å². The summed E-state index contributed by atoms with van der Waals surface area (Å²) in [4.78, 5) is 4.42. The van der Waals surface area contributed by atoms with E-state index in [1.807, 2.05) is 25.1 Å². The third kappa shape index (κ3) is 2.64. The summed E-state index contributed by atoms with van der Waals surface area (Å²) in [5, 5.41) is 3.40. The number of hydrogen-bond donors (Lipinski definition) is 1. The summed E-state index contributed by atoms with van der Waals surface area (Å²) in [7, 11) is 0. The van der Waals surface area contributed by atoms with E-state index in [-0.39, 0.29) is 0 Å². The average molecular weight is 208 g/mol. The van der Waals surface area contributed by atoms with E-state index in [4.69, 9.17) is 0 Å². The number of hydrogen-bond acceptors (Lipinski definition) is 3. The number of aromatic nitrogens is 1. The van der Waals surface area contributed by atoms with Crippen molar-refractivity contribution in [3.05, 3.63) is 23.9 Å². The summed E-state index contributed by atoms with van der Waals surface area (Å²) < 4.78 is 0. The van der Waals surface area contributed by atoms with Crippen molar-refractivity contribution in [2.24, 2.45) is 5.92 Å². The summed E-state index contributed by atoms with van der Waals surface area (Å²) in [6.07, 6.45) is 1.35. The van der Waals surface area contributed by atoms with Crippen molar-refractivity contribution >= 4 is 17.6 Å². The van der Waals surface area contributed by atoms with E-state index in [1.54, 1.807) is 0 Å². The molecule has 0 saturated carbocycles. The van der Waals surface area contributed by atoms with E-state index in [1.165, 1.54) is 17.9 Å². The van der Waals surface area contributed by atoms with Crippen molar-refractivity contribution in [2.75, 3.05) is 23.4 Å². The maximum absolute atomic E-state index is 4.42. The normalized spacial score (nSPS) is 21.1. The van der Waals surface area contributed by atoms with Gasteiger partial charge in [-0.3, -0.25) is 0 Å². The zero-order chi connectivity index (χ0) is 9.80. The fourth-order valence-corrected chi connectivity index (χ4v) is 2.92. The standard InChI is InChI=1S/C11H16N2S/c1-9-3-2-4-11(13-9)12-7-10-5-6-14-8-10/h2-4,10H,5-8H2,1H3,(H,12,13). The first-order valence-electron chi connectivity index (χ1n) is 5.10. The molecular formula is C11H16N2S. The number of nitrogens with zero attached hydrogens (tertiary/aromatic N) is 1. The number of thioether (sulfide) groups is 1. The third-order valence-corrected chi connectivity index (χ3v) is 3.72. The second-order valence-corrected chi connectivity index (χ2v) is 4.92. The van der Waals surface area contributed by atoms with Crippen molar-refractivity contribution in [3.63, 3.8) is 0 Å². The fraction of sp³-hybridized carbons (Fsp3) is 0.545. The Hall–Kier alpha value is -0.700. The summed E-state index contributed by atoms with van der Waals surface area (Å²) in [5.41, 5.74) is 1.08. The molecule has 0 bridgehead atoms. The maximum Gasteiger partial charge on any atom is 0.126 e. The van der Waals surface area contributed by atoms with Crippen LogP contribution in [0.25, 0.3) is 0 Å². The van der Waals surface area contributed by atoms with Crippen LogP contribution >= 0.6 is 11.8 Å². The summed E-state index contributed by atoms with van der Waals surface area (Å²) in [6, 6.07) is 6.11. The molecule has 1 fully saturated rings. The molecule has 2 nitrogen and oxygen atoms in total. The van der Waals surface area contributed by atoms with E-state index < -0.39 is 0 Å². The molecule has 1 unspecified atom stereocenters. The van der Waals surface area contributed by atoms with Gasteiger partial charge in [-0.25, -0.2) is 4.98 Å². The molecule has 1 aliphatic heterocycles. The van der Waals surface area contributed by atoms with Crippen molar-refractivity contribution in [1.29, 1.82) is 0 Å². The minimum Gasteiger partial charge on any atom is -0.370 e. The van der Waals surface area contributed by atoms with Gasteiger partial charge in [0.1, 0.15) is 5.82 Å². The molecule has 1 saturated heterocycles. The van der Waals surface area contributed by atoms with E-state index in [9.17, 15) is 0 Å². The molecule has 0 amide bonds. The lowest BCUT2D eigenvalue weighted by Gasteiger charge is -2.10. The first kappa shape index (κ1) is 9.84. The van der Waals surface area contributed by atoms with Crippen LogP contribution in [-0.4, -0.2) is 23.0 Å². The van der Waals surface area contributed by atoms with Crippen LogP contribution in [0, 0.1) is 12.8 Å². The van der Waals surface area contributed by atoms with Gasteiger partial charge in [-0.05, 0) is 42.9 Å². The van der Waals surface area contributed by atoms with Crippen molar-refractivity contribution in [3.8, 4) is 0 Å². The first-order chi connectivity index (χ1) is 6.84. The number of nitrogens with one attached hydrogen (secondary N) is 1. The predicted molar refractivity (Wildman–Crippen MR) is 62.9 cm³/mol. The van der Waals surface area contributed by atoms with Crippen molar-refractivity contribution in [1.82, 2.24) is 4.98 Å². The molecule has 0 aromatic carbocycles. The maximum atomic E-state index is 4.42. The van der Waals surface area contributed by atoms with E-state index in [0.29, 0.717) is 0 Å². The highest BCUT2D eigenvalue weighted by Crippen LogP contribution is 2.23. The highest BCUT2D eigenvalue weighted by atomic mass is 32.2. The molecule has 2 rings (SSSR count). The molecule has 1 N–H and O–H groups in total. The molecule has 76 valence electrons. The Morgan fingerprint density at radius 3 is 3.21 bits per heavy atom. The van der Waals surface area contributed by atoms with Gasteiger partial charge < -0.3 is 5.32 Å². The van der Waals surface area contributed by atoms with Crippen LogP contribution in [0.15, 0.2) is 18.2 Å². The Morgan fingerprint density at radius 1 is 1.57 bits per heavy atom. The van der Waals surface area contributed by atoms with Gasteiger partial charge in [-0.2, -0.15) is 11.8 Å². The van der Waals surface area contributed by atoms with Gasteiger partial charge in [-0.15, -0.1) is 0 Å². The molecule has 0 aliphatic carbocycles. The third-order valence-electron chi connectivity index (χ3n) is 2.48. The highest BCUT2D eigenvalue weighted by Gasteiger charge is 2.14. The van der Waals surface area contributed by atoms with Crippen molar-refractivity contribution in [2.45, 2.75) is 13.3 Å². The quantitative estimate of drug-likeness (QED) is 0.826. The fourth-order valence-electron chi connectivity index (χ4n) is 1.63. The molecular weight excluding hydrogens is 192 g/mol. The lowest BCUT2D eigenvalue weighted by atomic mass is 10.1. The summed E-state index contributed by atoms with van der Waals surface area (Å²) in [6.45, 7) is 3.10. The topological polar surface area (TPSA) is 24.9 Å². The number of pyridine rings is 1. The molecule has 0 radical (unpaired) electrons. The lowest BCUT2D eigenvalue weighted by molar-refractivity contribution is 0.630. The van der Waals surface area contributed by atoms with E-state index in [2.05, 4.69) is 22.1 Å². The van der Waals surface area contributed by atoms with Gasteiger partial charge in [0.25, 0.3) is 0 Å². The predicted octanol–water partition coefficient (Wildman–Crippen LogP) is 2.56. The monoisotopic (exact) mass is 208 g/mol. The van der Waals surface area contributed by atoms with Gasteiger partial charge in [-0.1, -0.05) is 6.07 Å². The SMILES string of the molecule is Cc1cccc(NCC2CCSC2)n1. The Labute approximate surface area is 89.5 Å². The van der Waals surface area contributed by atoms with Crippen LogP contribution < -0.4 is 5.32 Å². The Morgan fingerprint density at radius 2 is 2.50 bits per heavy atom. The molecule has 1 atom stereocenters. The lowest BCUT2D eigenvalue weighted by Crippen LogP contribution is -2.14. The van der Waals surface area contributed by atoms with Gasteiger partial charge in [0, 0.05) is 12.2 Å². The van der Waals surface area contributed by atoms with Crippen LogP contribution in [0.4, 0.5) is 5.82 Å². The highest BCUT2D eigenvalue weighted by molar-refractivity contribution is 7.99. The second-order valence-electron chi connectivity index (χ2n) is 3.77. The Kier molecular flexibility index (Phi) is 3.30. The van der Waals surface area contributed by atoms with Gasteiger partial charge in [0.05, 0.1) is 0 Å².